The normalized spacial score (nSPS) is 12.8. The van der Waals surface area contributed by atoms with Crippen LogP contribution in [0.25, 0.3) is 184 Å². The third-order valence-corrected chi connectivity index (χ3v) is 27.9. The van der Waals surface area contributed by atoms with Gasteiger partial charge in [-0.3, -0.25) is 4.57 Å². The van der Waals surface area contributed by atoms with Gasteiger partial charge in [0.25, 0.3) is 0 Å². The Morgan fingerprint density at radius 1 is 0.208 bits per heavy atom. The van der Waals surface area contributed by atoms with Gasteiger partial charge in [0.05, 0.1) is 22.4 Å². The number of para-hydroxylation sites is 1. The van der Waals surface area contributed by atoms with Crippen molar-refractivity contribution in [1.82, 2.24) is 14.5 Å². The van der Waals surface area contributed by atoms with Crippen molar-refractivity contribution < 1.29 is 0 Å². The Labute approximate surface area is 771 Å². The van der Waals surface area contributed by atoms with E-state index in [2.05, 4.69) is 478 Å². The maximum absolute atomic E-state index is 5.86. The summed E-state index contributed by atoms with van der Waals surface area (Å²) in [5.41, 5.74) is 52.4. The van der Waals surface area contributed by atoms with Gasteiger partial charge in [-0.25, -0.2) is 9.97 Å². The minimum atomic E-state index is -0.247. The molecule has 0 fully saturated rings. The van der Waals surface area contributed by atoms with Crippen molar-refractivity contribution in [2.75, 3.05) is 0 Å². The van der Waals surface area contributed by atoms with Crippen LogP contribution >= 0.6 is 0 Å². The predicted molar refractivity (Wildman–Crippen MR) is 557 cm³/mol. The van der Waals surface area contributed by atoms with E-state index >= 15 is 0 Å². The van der Waals surface area contributed by atoms with Crippen molar-refractivity contribution in [3.63, 3.8) is 0 Å². The van der Waals surface area contributed by atoms with E-state index in [1.807, 2.05) is 0 Å². The monoisotopic (exact) mass is 1690 g/mol. The lowest BCUT2D eigenvalue weighted by Crippen LogP contribution is -2.15. The predicted octanol–water partition coefficient (Wildman–Crippen LogP) is 35.2. The zero-order valence-corrected chi connectivity index (χ0v) is 79.9. The van der Waals surface area contributed by atoms with Crippen LogP contribution in [0.2, 0.25) is 0 Å². The third kappa shape index (κ3) is 16.1. The zero-order chi connectivity index (χ0) is 91.1. The molecule has 18 aromatic rings. The van der Waals surface area contributed by atoms with Crippen LogP contribution in [0.4, 0.5) is 0 Å². The Balaban J connectivity index is 0.765. The van der Waals surface area contributed by atoms with Crippen LogP contribution in [0.1, 0.15) is 175 Å². The number of aryl methyl sites for hydroxylation is 8. The number of aromatic nitrogens is 3. The number of rotatable bonds is 14. The second kappa shape index (κ2) is 32.6. The number of hydrogen-bond acceptors (Lipinski definition) is 2. The Bertz CT molecular complexity index is 7260. The first-order chi connectivity index (χ1) is 61.9. The average molecular weight is 1690 g/mol. The molecule has 0 bridgehead atoms. The minimum Gasteiger partial charge on any atom is -0.278 e. The van der Waals surface area contributed by atoms with Gasteiger partial charge >= 0.3 is 0 Å². The van der Waals surface area contributed by atoms with E-state index in [1.165, 1.54) is 150 Å². The molecule has 130 heavy (non-hydrogen) atoms. The van der Waals surface area contributed by atoms with Crippen LogP contribution < -0.4 is 0 Å². The van der Waals surface area contributed by atoms with Gasteiger partial charge in [-0.15, -0.1) is 0 Å². The summed E-state index contributed by atoms with van der Waals surface area (Å²) in [6.07, 6.45) is 0. The van der Waals surface area contributed by atoms with Gasteiger partial charge in [-0.05, 0) is 392 Å². The maximum Gasteiger partial charge on any atom is 0.235 e. The molecular formula is C127H119N3. The lowest BCUT2D eigenvalue weighted by atomic mass is 9.82. The Hall–Kier alpha value is -13.6. The summed E-state index contributed by atoms with van der Waals surface area (Å²) in [5, 5.41) is 2.32. The van der Waals surface area contributed by atoms with Crippen LogP contribution in [0.15, 0.2) is 322 Å². The highest BCUT2D eigenvalue weighted by atomic mass is 15.2. The molecule has 19 rings (SSSR count). The van der Waals surface area contributed by atoms with Crippen molar-refractivity contribution in [2.45, 2.75) is 179 Å². The first kappa shape index (κ1) is 85.8. The van der Waals surface area contributed by atoms with Crippen molar-refractivity contribution in [3.05, 3.63) is 399 Å². The topological polar surface area (TPSA) is 30.7 Å². The van der Waals surface area contributed by atoms with Crippen LogP contribution in [0.3, 0.4) is 0 Å². The molecule has 0 atom stereocenters. The van der Waals surface area contributed by atoms with Gasteiger partial charge < -0.3 is 0 Å². The van der Waals surface area contributed by atoms with E-state index in [0.29, 0.717) is 5.95 Å². The molecule has 16 aromatic carbocycles. The molecule has 642 valence electrons. The summed E-state index contributed by atoms with van der Waals surface area (Å²) in [7, 11) is 0. The van der Waals surface area contributed by atoms with E-state index < -0.39 is 0 Å². The molecule has 1 aliphatic carbocycles. The molecule has 3 nitrogen and oxygen atoms in total. The molecular weight excluding hydrogens is 1570 g/mol. The third-order valence-electron chi connectivity index (χ3n) is 27.9. The first-order valence-corrected chi connectivity index (χ1v) is 46.5. The van der Waals surface area contributed by atoms with E-state index in [1.54, 1.807) is 0 Å². The molecule has 0 radical (unpaired) electrons. The first-order valence-electron chi connectivity index (χ1n) is 46.5. The SMILES string of the molecule is Cc1cc(C(C)(C)C)cc(C)c1-c1cccc(-c2cc(-c3cccc(-c4cccc(-c5cc(-c6cccc(-c7cc(-c8cccc(-c9c(C)cc(C(C)(C)C)cc9C)c8)cc(-c8cccc(-c9c(C)cc(C(C)(C)C)cc9C)c8)c7)c6)nc(-n6c7ccccc7c7cc8c(cc76)C(C)(C)c6ccccc6-8)n5)c4)c3)cc(-c3cccc(-c4c(C)cc(C(C)(C)C)cc4C)c3)c2)c1. The molecule has 2 heterocycles. The Morgan fingerprint density at radius 2 is 0.462 bits per heavy atom. The van der Waals surface area contributed by atoms with Crippen LogP contribution in [0, 0.1) is 55.4 Å². The summed E-state index contributed by atoms with van der Waals surface area (Å²) in [6.45, 7) is 50.6. The van der Waals surface area contributed by atoms with Gasteiger partial charge in [0.15, 0.2) is 0 Å². The molecule has 0 unspecified atom stereocenters. The summed E-state index contributed by atoms with van der Waals surface area (Å²) in [4.78, 5) is 11.7. The van der Waals surface area contributed by atoms with Crippen molar-refractivity contribution in [3.8, 4) is 162 Å². The van der Waals surface area contributed by atoms with Gasteiger partial charge in [0.2, 0.25) is 5.95 Å². The van der Waals surface area contributed by atoms with Crippen LogP contribution in [-0.2, 0) is 27.1 Å². The van der Waals surface area contributed by atoms with Crippen molar-refractivity contribution >= 4 is 21.8 Å². The van der Waals surface area contributed by atoms with E-state index in [9.17, 15) is 0 Å². The van der Waals surface area contributed by atoms with Crippen molar-refractivity contribution in [2.24, 2.45) is 0 Å². The van der Waals surface area contributed by atoms with Crippen molar-refractivity contribution in [1.29, 1.82) is 0 Å². The van der Waals surface area contributed by atoms with Gasteiger partial charge in [-0.1, -0.05) is 315 Å². The molecule has 0 saturated heterocycles. The molecule has 0 saturated carbocycles. The fraction of sp³-hybridized carbons (Fsp3) is 0.213. The van der Waals surface area contributed by atoms with Gasteiger partial charge in [0, 0.05) is 27.3 Å². The quantitative estimate of drug-likeness (QED) is 0.109. The second-order valence-corrected chi connectivity index (χ2v) is 42.0. The van der Waals surface area contributed by atoms with Gasteiger partial charge in [0.1, 0.15) is 0 Å². The van der Waals surface area contributed by atoms with E-state index in [-0.39, 0.29) is 27.1 Å². The number of nitrogens with zero attached hydrogens (tertiary/aromatic N) is 3. The lowest BCUT2D eigenvalue weighted by molar-refractivity contribution is 0.589. The average Bonchev–Trinajstić information content (AvgIpc) is 1.55. The molecule has 0 amide bonds. The Kier molecular flexibility index (Phi) is 21.5. The molecule has 0 aliphatic heterocycles. The number of hydrogen-bond donors (Lipinski definition) is 0. The van der Waals surface area contributed by atoms with Crippen LogP contribution in [-0.4, -0.2) is 14.5 Å². The lowest BCUT2D eigenvalue weighted by Gasteiger charge is -2.23. The number of benzene rings is 16. The summed E-state index contributed by atoms with van der Waals surface area (Å²) < 4.78 is 2.34. The minimum absolute atomic E-state index is 0.0279. The summed E-state index contributed by atoms with van der Waals surface area (Å²) in [6, 6.07) is 123. The highest BCUT2D eigenvalue weighted by molar-refractivity contribution is 6.12. The highest BCUT2D eigenvalue weighted by Crippen LogP contribution is 2.53. The standard InChI is InChI=1S/C127H119N3/c1-76-52-104(123(9,10)11)53-77(2)118(76)94-44-30-38-88(63-94)100-67-98(68-101(71-100)89-39-31-45-95(64-89)119-78(3)54-105(55-79(119)4)124(12,13)14)86-36-27-34-84(60-86)85-35-28-42-92(61-85)114-75-115(129-122(128-114)130-116-51-26-24-49-109(116)111-73-110-108-48-23-25-50-112(108)127(21,22)113(110)74-117(111)130)93-43-29-37-87(62-93)99-69-102(90-40-32-46-96(65-90)120-80(5)56-106(57-81(120)6)125(15,16)17)72-103(70-99)91-41-33-47-97(66-91)121-82(7)58-107(59-83(121)8)126(18,19)20/h23-75H,1-22H3. The van der Waals surface area contributed by atoms with E-state index in [0.717, 1.165) is 106 Å². The molecule has 0 N–H and O–H groups in total. The second-order valence-electron chi connectivity index (χ2n) is 42.0. The highest BCUT2D eigenvalue weighted by Gasteiger charge is 2.37. The molecule has 2 aromatic heterocycles. The largest absolute Gasteiger partial charge is 0.278 e. The fourth-order valence-corrected chi connectivity index (χ4v) is 20.9. The fourth-order valence-electron chi connectivity index (χ4n) is 20.9. The zero-order valence-electron chi connectivity index (χ0n) is 79.9. The molecule has 3 heteroatoms. The Morgan fingerprint density at radius 3 is 0.777 bits per heavy atom. The molecule has 0 spiro atoms. The smallest absolute Gasteiger partial charge is 0.235 e. The van der Waals surface area contributed by atoms with E-state index in [4.69, 9.17) is 9.97 Å². The maximum atomic E-state index is 5.86. The summed E-state index contributed by atoms with van der Waals surface area (Å²) in [5.74, 6) is 0.602. The molecule has 1 aliphatic rings. The number of fused-ring (bicyclic) bond motifs is 6. The van der Waals surface area contributed by atoms with Crippen LogP contribution in [0.5, 0.6) is 0 Å². The van der Waals surface area contributed by atoms with Gasteiger partial charge in [-0.2, -0.15) is 0 Å². The summed E-state index contributed by atoms with van der Waals surface area (Å²) >= 11 is 0.